The molecule has 0 aliphatic carbocycles. The third-order valence-electron chi connectivity index (χ3n) is 5.21. The largest absolute Gasteiger partial charge is 0.458 e. The molecule has 0 fully saturated rings. The molecule has 0 saturated heterocycles. The van der Waals surface area contributed by atoms with E-state index in [-0.39, 0.29) is 23.9 Å². The first-order chi connectivity index (χ1) is 16.5. The molecule has 1 aliphatic rings. The van der Waals surface area contributed by atoms with E-state index in [9.17, 15) is 14.7 Å². The quantitative estimate of drug-likeness (QED) is 0.215. The number of allylic oxidation sites excluding steroid dienone is 5. The SMILES string of the molecule is C=C(C#C/C=C\C(C)=C\[C@H](C)[C@@H]1CC=C(C)C(=O)O1)N[C@@H](C)C(=O)N/C=C\C[C@@H](O)C/C=C(\C)Cl. The van der Waals surface area contributed by atoms with Crippen molar-refractivity contribution in [2.75, 3.05) is 0 Å². The summed E-state index contributed by atoms with van der Waals surface area (Å²) in [5, 5.41) is 16.1. The molecule has 3 N–H and O–H groups in total. The van der Waals surface area contributed by atoms with E-state index in [2.05, 4.69) is 29.1 Å². The molecule has 0 spiro atoms. The number of hydrogen-bond donors (Lipinski definition) is 3. The van der Waals surface area contributed by atoms with Crippen LogP contribution in [0, 0.1) is 17.8 Å². The van der Waals surface area contributed by atoms with Crippen molar-refractivity contribution in [1.82, 2.24) is 10.6 Å². The average Bonchev–Trinajstić information content (AvgIpc) is 2.79. The van der Waals surface area contributed by atoms with Crippen LogP contribution in [0.5, 0.6) is 0 Å². The molecule has 0 aromatic carbocycles. The monoisotopic (exact) mass is 500 g/mol. The number of hydrogen-bond acceptors (Lipinski definition) is 5. The molecular formula is C28H37ClN2O4. The van der Waals surface area contributed by atoms with Gasteiger partial charge in [0, 0.05) is 22.9 Å². The zero-order valence-corrected chi connectivity index (χ0v) is 22.0. The maximum atomic E-state index is 12.2. The number of amides is 1. The van der Waals surface area contributed by atoms with E-state index in [0.29, 0.717) is 35.6 Å². The van der Waals surface area contributed by atoms with Gasteiger partial charge in [-0.2, -0.15) is 0 Å². The summed E-state index contributed by atoms with van der Waals surface area (Å²) in [4.78, 5) is 23.9. The highest BCUT2D eigenvalue weighted by molar-refractivity contribution is 6.29. The molecule has 6 nitrogen and oxygen atoms in total. The van der Waals surface area contributed by atoms with Crippen LogP contribution in [0.3, 0.4) is 0 Å². The molecule has 0 saturated carbocycles. The number of nitrogens with one attached hydrogen (secondary N) is 2. The van der Waals surface area contributed by atoms with Crippen LogP contribution < -0.4 is 10.6 Å². The molecule has 1 amide bonds. The topological polar surface area (TPSA) is 87.7 Å². The lowest BCUT2D eigenvalue weighted by molar-refractivity contribution is -0.147. The van der Waals surface area contributed by atoms with E-state index < -0.39 is 12.1 Å². The van der Waals surface area contributed by atoms with Crippen LogP contribution in [-0.2, 0) is 14.3 Å². The van der Waals surface area contributed by atoms with Crippen molar-refractivity contribution in [3.05, 3.63) is 71.1 Å². The number of rotatable bonds is 11. The minimum atomic E-state index is -0.552. The van der Waals surface area contributed by atoms with E-state index in [4.69, 9.17) is 16.3 Å². The molecule has 35 heavy (non-hydrogen) atoms. The van der Waals surface area contributed by atoms with Gasteiger partial charge in [-0.15, -0.1) is 0 Å². The van der Waals surface area contributed by atoms with Gasteiger partial charge in [-0.3, -0.25) is 4.79 Å². The van der Waals surface area contributed by atoms with Gasteiger partial charge in [0.1, 0.15) is 12.1 Å². The van der Waals surface area contributed by atoms with Gasteiger partial charge < -0.3 is 20.5 Å². The van der Waals surface area contributed by atoms with Crippen LogP contribution in [0.1, 0.15) is 53.9 Å². The van der Waals surface area contributed by atoms with E-state index in [1.807, 2.05) is 32.1 Å². The van der Waals surface area contributed by atoms with Crippen LogP contribution in [0.15, 0.2) is 71.1 Å². The van der Waals surface area contributed by atoms with Crippen molar-refractivity contribution in [2.45, 2.75) is 72.1 Å². The first-order valence-corrected chi connectivity index (χ1v) is 12.0. The second kappa shape index (κ2) is 15.8. The van der Waals surface area contributed by atoms with Gasteiger partial charge in [0.05, 0.1) is 11.8 Å². The summed E-state index contributed by atoms with van der Waals surface area (Å²) < 4.78 is 5.46. The zero-order chi connectivity index (χ0) is 26.4. The van der Waals surface area contributed by atoms with Gasteiger partial charge in [-0.1, -0.05) is 67.0 Å². The van der Waals surface area contributed by atoms with Crippen molar-refractivity contribution < 1.29 is 19.4 Å². The van der Waals surface area contributed by atoms with Crippen LogP contribution >= 0.6 is 11.6 Å². The van der Waals surface area contributed by atoms with E-state index >= 15 is 0 Å². The second-order valence-corrected chi connectivity index (χ2v) is 9.21. The minimum absolute atomic E-state index is 0.0842. The summed E-state index contributed by atoms with van der Waals surface area (Å²) in [6.45, 7) is 13.0. The fraction of sp³-hybridized carbons (Fsp3) is 0.429. The first-order valence-electron chi connectivity index (χ1n) is 11.6. The average molecular weight is 501 g/mol. The molecular weight excluding hydrogens is 464 g/mol. The second-order valence-electron chi connectivity index (χ2n) is 8.61. The lowest BCUT2D eigenvalue weighted by atomic mass is 9.96. The summed E-state index contributed by atoms with van der Waals surface area (Å²) in [7, 11) is 0. The molecule has 4 atom stereocenters. The Labute approximate surface area is 214 Å². The lowest BCUT2D eigenvalue weighted by Gasteiger charge is -2.25. The highest BCUT2D eigenvalue weighted by atomic mass is 35.5. The van der Waals surface area contributed by atoms with Gasteiger partial charge in [0.2, 0.25) is 5.91 Å². The van der Waals surface area contributed by atoms with Crippen molar-refractivity contribution in [3.8, 4) is 11.8 Å². The first kappa shape index (κ1) is 30.0. The van der Waals surface area contributed by atoms with Crippen molar-refractivity contribution in [3.63, 3.8) is 0 Å². The summed E-state index contributed by atoms with van der Waals surface area (Å²) in [6.07, 6.45) is 13.4. The molecule has 0 bridgehead atoms. The normalized spacial score (nSPS) is 19.3. The Hall–Kier alpha value is -3.01. The number of aliphatic hydroxyl groups excluding tert-OH is 1. The number of carbonyl (C=O) groups is 2. The van der Waals surface area contributed by atoms with E-state index in [1.165, 1.54) is 6.20 Å². The number of esters is 1. The van der Waals surface area contributed by atoms with Gasteiger partial charge >= 0.3 is 5.97 Å². The number of cyclic esters (lactones) is 1. The fourth-order valence-electron chi connectivity index (χ4n) is 3.11. The van der Waals surface area contributed by atoms with E-state index in [0.717, 1.165) is 5.57 Å². The molecule has 1 aliphatic heterocycles. The fourth-order valence-corrected chi connectivity index (χ4v) is 3.19. The summed E-state index contributed by atoms with van der Waals surface area (Å²) >= 11 is 5.74. The standard InChI is InChI=1S/C28H37ClN2O4/c1-19(18-21(3)26-16-13-20(2)28(34)35-26)10-7-8-11-23(5)31-24(6)27(33)30-17-9-12-25(32)15-14-22(4)29/h7,9-10,13-14,17-18,21,24-26,31-32H,5,12,15-16H2,1-4,6H3,(H,30,33)/b10-7-,17-9-,19-18+,22-14+/t21-,24-,25+,26-/m0/s1. The third kappa shape index (κ3) is 12.9. The molecule has 0 radical (unpaired) electrons. The Balaban J connectivity index is 2.43. The maximum absolute atomic E-state index is 12.2. The summed E-state index contributed by atoms with van der Waals surface area (Å²) in [6, 6.07) is -0.532. The molecule has 0 unspecified atom stereocenters. The smallest absolute Gasteiger partial charge is 0.333 e. The minimum Gasteiger partial charge on any atom is -0.458 e. The summed E-state index contributed by atoms with van der Waals surface area (Å²) in [5.74, 6) is 5.34. The highest BCUT2D eigenvalue weighted by Crippen LogP contribution is 2.22. The van der Waals surface area contributed by atoms with Crippen molar-refractivity contribution >= 4 is 23.5 Å². The molecule has 0 aromatic heterocycles. The zero-order valence-electron chi connectivity index (χ0n) is 21.2. The predicted octanol–water partition coefficient (Wildman–Crippen LogP) is 4.80. The number of ether oxygens (including phenoxy) is 1. The highest BCUT2D eigenvalue weighted by Gasteiger charge is 2.24. The lowest BCUT2D eigenvalue weighted by Crippen LogP contribution is -2.39. The Kier molecular flexibility index (Phi) is 13.6. The molecule has 1 rings (SSSR count). The molecule has 190 valence electrons. The molecule has 7 heteroatoms. The number of halogens is 1. The Bertz CT molecular complexity index is 975. The Morgan fingerprint density at radius 3 is 2.74 bits per heavy atom. The van der Waals surface area contributed by atoms with Gasteiger partial charge in [0.25, 0.3) is 0 Å². The van der Waals surface area contributed by atoms with Gasteiger partial charge in [0.15, 0.2) is 0 Å². The molecule has 1 heterocycles. The number of aliphatic hydroxyl groups is 1. The van der Waals surface area contributed by atoms with Gasteiger partial charge in [-0.05, 0) is 58.7 Å². The van der Waals surface area contributed by atoms with Crippen LogP contribution in [-0.4, -0.2) is 35.2 Å². The van der Waals surface area contributed by atoms with Crippen LogP contribution in [0.4, 0.5) is 0 Å². The molecule has 0 aromatic rings. The Morgan fingerprint density at radius 2 is 2.09 bits per heavy atom. The Morgan fingerprint density at radius 1 is 1.37 bits per heavy atom. The summed E-state index contributed by atoms with van der Waals surface area (Å²) in [5.41, 5.74) is 2.08. The van der Waals surface area contributed by atoms with Gasteiger partial charge in [-0.25, -0.2) is 4.79 Å². The van der Waals surface area contributed by atoms with E-state index in [1.54, 1.807) is 39.0 Å². The van der Waals surface area contributed by atoms with Crippen LogP contribution in [0.25, 0.3) is 0 Å². The number of carbonyl (C=O) groups excluding carboxylic acids is 2. The maximum Gasteiger partial charge on any atom is 0.333 e. The van der Waals surface area contributed by atoms with Crippen LogP contribution in [0.2, 0.25) is 0 Å². The van der Waals surface area contributed by atoms with Crippen molar-refractivity contribution in [2.24, 2.45) is 5.92 Å². The third-order valence-corrected chi connectivity index (χ3v) is 5.36. The van der Waals surface area contributed by atoms with Crippen molar-refractivity contribution in [1.29, 1.82) is 0 Å². The predicted molar refractivity (Wildman–Crippen MR) is 142 cm³/mol.